The first-order chi connectivity index (χ1) is 16.5. The molecule has 2 heterocycles. The normalized spacial score (nSPS) is 14.3. The quantitative estimate of drug-likeness (QED) is 0.537. The zero-order valence-corrected chi connectivity index (χ0v) is 19.0. The molecule has 0 bridgehead atoms. The molecule has 0 saturated carbocycles. The van der Waals surface area contributed by atoms with E-state index in [-0.39, 0.29) is 24.3 Å². The highest BCUT2D eigenvalue weighted by molar-refractivity contribution is 5.99. The van der Waals surface area contributed by atoms with Crippen LogP contribution in [0.2, 0.25) is 0 Å². The number of nitrogens with one attached hydrogen (secondary N) is 2. The zero-order chi connectivity index (χ0) is 23.9. The van der Waals surface area contributed by atoms with Crippen molar-refractivity contribution in [1.82, 2.24) is 15.2 Å². The first-order valence-electron chi connectivity index (χ1n) is 11.3. The van der Waals surface area contributed by atoms with E-state index in [1.807, 2.05) is 48.5 Å². The van der Waals surface area contributed by atoms with Crippen LogP contribution in [0.1, 0.15) is 33.2 Å². The van der Waals surface area contributed by atoms with Crippen LogP contribution in [0.3, 0.4) is 0 Å². The van der Waals surface area contributed by atoms with Gasteiger partial charge < -0.3 is 24.7 Å². The van der Waals surface area contributed by atoms with Crippen molar-refractivity contribution in [2.75, 3.05) is 19.7 Å². The third-order valence-corrected chi connectivity index (χ3v) is 5.46. The van der Waals surface area contributed by atoms with E-state index in [1.54, 1.807) is 17.6 Å². The van der Waals surface area contributed by atoms with Crippen LogP contribution in [0.25, 0.3) is 0 Å². The van der Waals surface area contributed by atoms with E-state index in [0.29, 0.717) is 31.0 Å². The maximum absolute atomic E-state index is 13.0. The van der Waals surface area contributed by atoms with Crippen LogP contribution < -0.4 is 25.5 Å². The van der Waals surface area contributed by atoms with Crippen LogP contribution in [0, 0.1) is 0 Å². The van der Waals surface area contributed by atoms with Crippen LogP contribution in [0.5, 0.6) is 11.5 Å². The molecule has 3 aromatic rings. The Balaban J connectivity index is 1.50. The van der Waals surface area contributed by atoms with E-state index in [2.05, 4.69) is 10.6 Å². The molecule has 4 rings (SSSR count). The molecule has 176 valence electrons. The summed E-state index contributed by atoms with van der Waals surface area (Å²) >= 11 is 0. The van der Waals surface area contributed by atoms with Gasteiger partial charge in [-0.25, -0.2) is 0 Å². The summed E-state index contributed by atoms with van der Waals surface area (Å²) in [6.45, 7) is 3.08. The Bertz CT molecular complexity index is 1220. The van der Waals surface area contributed by atoms with Crippen molar-refractivity contribution >= 4 is 11.8 Å². The summed E-state index contributed by atoms with van der Waals surface area (Å²) in [6.07, 6.45) is 3.29. The molecule has 0 spiro atoms. The minimum Gasteiger partial charge on any atom is -0.486 e. The Kier molecular flexibility index (Phi) is 7.27. The Hall–Kier alpha value is -4.07. The number of pyridine rings is 1. The number of aromatic nitrogens is 1. The number of benzene rings is 2. The van der Waals surface area contributed by atoms with E-state index in [4.69, 9.17) is 9.47 Å². The van der Waals surface area contributed by atoms with Gasteiger partial charge in [-0.15, -0.1) is 0 Å². The fraction of sp³-hybridized carbons (Fsp3) is 0.269. The van der Waals surface area contributed by atoms with E-state index in [1.165, 1.54) is 12.4 Å². The molecule has 0 aliphatic carbocycles. The molecular formula is C26H27N3O5. The lowest BCUT2D eigenvalue weighted by Crippen LogP contribution is -2.42. The van der Waals surface area contributed by atoms with E-state index in [0.717, 1.165) is 5.56 Å². The standard InChI is InChI=1S/C26H27N3O5/c1-2-27-25(31)20-15-29(13-12-18-8-4-3-5-9-18)16-21(24(20)30)26(32)28-14-19-17-33-22-10-6-7-11-23(22)34-19/h3-11,15-16,19H,2,12-14,17H2,1H3,(H,27,31)(H,28,32)/t19-/m1/s1. The van der Waals surface area contributed by atoms with Crippen molar-refractivity contribution in [3.05, 3.63) is 93.9 Å². The summed E-state index contributed by atoms with van der Waals surface area (Å²) in [5, 5.41) is 5.39. The van der Waals surface area contributed by atoms with Crippen LogP contribution in [-0.4, -0.2) is 42.2 Å². The SMILES string of the molecule is CCNC(=O)c1cn(CCc2ccccc2)cc(C(=O)NC[C@@H]2COc3ccccc3O2)c1=O. The van der Waals surface area contributed by atoms with Crippen molar-refractivity contribution in [1.29, 1.82) is 0 Å². The molecular weight excluding hydrogens is 434 g/mol. The number of hydrogen-bond donors (Lipinski definition) is 2. The zero-order valence-electron chi connectivity index (χ0n) is 19.0. The number of carbonyl (C=O) groups excluding carboxylic acids is 2. The highest BCUT2D eigenvalue weighted by Crippen LogP contribution is 2.30. The average molecular weight is 462 g/mol. The molecule has 8 heteroatoms. The minimum absolute atomic E-state index is 0.0614. The summed E-state index contributed by atoms with van der Waals surface area (Å²) < 4.78 is 13.3. The number of carbonyl (C=O) groups is 2. The number of aryl methyl sites for hydroxylation is 2. The molecule has 0 saturated heterocycles. The molecule has 1 aliphatic rings. The molecule has 0 radical (unpaired) electrons. The summed E-state index contributed by atoms with van der Waals surface area (Å²) in [4.78, 5) is 38.4. The van der Waals surface area contributed by atoms with Gasteiger partial charge in [-0.3, -0.25) is 14.4 Å². The Morgan fingerprint density at radius 3 is 2.29 bits per heavy atom. The molecule has 0 fully saturated rings. The summed E-state index contributed by atoms with van der Waals surface area (Å²) in [5.74, 6) is 0.193. The average Bonchev–Trinajstić information content (AvgIpc) is 2.87. The second kappa shape index (κ2) is 10.7. The molecule has 1 aromatic heterocycles. The minimum atomic E-state index is -0.606. The molecule has 34 heavy (non-hydrogen) atoms. The summed E-state index contributed by atoms with van der Waals surface area (Å²) in [6, 6.07) is 17.2. The van der Waals surface area contributed by atoms with Crippen molar-refractivity contribution < 1.29 is 19.1 Å². The predicted molar refractivity (Wildman–Crippen MR) is 128 cm³/mol. The van der Waals surface area contributed by atoms with Gasteiger partial charge in [-0.05, 0) is 31.0 Å². The van der Waals surface area contributed by atoms with Gasteiger partial charge in [0.1, 0.15) is 23.8 Å². The van der Waals surface area contributed by atoms with Crippen molar-refractivity contribution in [2.24, 2.45) is 0 Å². The largest absolute Gasteiger partial charge is 0.486 e. The molecule has 2 N–H and O–H groups in total. The van der Waals surface area contributed by atoms with Gasteiger partial charge >= 0.3 is 0 Å². The third kappa shape index (κ3) is 5.46. The van der Waals surface area contributed by atoms with Crippen molar-refractivity contribution in [2.45, 2.75) is 26.0 Å². The Morgan fingerprint density at radius 2 is 1.59 bits per heavy atom. The molecule has 1 aliphatic heterocycles. The van der Waals surface area contributed by atoms with Gasteiger partial charge in [0.05, 0.1) is 6.54 Å². The maximum Gasteiger partial charge on any atom is 0.256 e. The lowest BCUT2D eigenvalue weighted by Gasteiger charge is -2.26. The smallest absolute Gasteiger partial charge is 0.256 e. The summed E-state index contributed by atoms with van der Waals surface area (Å²) in [5.41, 5.74) is 0.356. The highest BCUT2D eigenvalue weighted by atomic mass is 16.6. The van der Waals surface area contributed by atoms with E-state index < -0.39 is 23.3 Å². The number of fused-ring (bicyclic) bond motifs is 1. The fourth-order valence-corrected chi connectivity index (χ4v) is 3.71. The topological polar surface area (TPSA) is 98.7 Å². The van der Waals surface area contributed by atoms with Crippen LogP contribution in [-0.2, 0) is 13.0 Å². The maximum atomic E-state index is 13.0. The number of rotatable bonds is 8. The van der Waals surface area contributed by atoms with E-state index >= 15 is 0 Å². The summed E-state index contributed by atoms with van der Waals surface area (Å²) in [7, 11) is 0. The molecule has 8 nitrogen and oxygen atoms in total. The second-order valence-electron chi connectivity index (χ2n) is 7.96. The number of amides is 2. The first-order valence-corrected chi connectivity index (χ1v) is 11.3. The number of ether oxygens (including phenoxy) is 2. The number of hydrogen-bond acceptors (Lipinski definition) is 5. The highest BCUT2D eigenvalue weighted by Gasteiger charge is 2.23. The molecule has 2 amide bonds. The predicted octanol–water partition coefficient (Wildman–Crippen LogP) is 2.41. The van der Waals surface area contributed by atoms with Gasteiger partial charge in [-0.1, -0.05) is 42.5 Å². The second-order valence-corrected chi connectivity index (χ2v) is 7.96. The Labute approximate surface area is 197 Å². The molecule has 2 aromatic carbocycles. The third-order valence-electron chi connectivity index (χ3n) is 5.46. The first kappa shape index (κ1) is 23.1. The van der Waals surface area contributed by atoms with Gasteiger partial charge in [0, 0.05) is 25.5 Å². The lowest BCUT2D eigenvalue weighted by molar-refractivity contribution is 0.0788. The van der Waals surface area contributed by atoms with Gasteiger partial charge in [0.2, 0.25) is 5.43 Å². The molecule has 0 unspecified atom stereocenters. The number of para-hydroxylation sites is 2. The van der Waals surface area contributed by atoms with Gasteiger partial charge in [0.25, 0.3) is 11.8 Å². The van der Waals surface area contributed by atoms with E-state index in [9.17, 15) is 14.4 Å². The lowest BCUT2D eigenvalue weighted by atomic mass is 10.1. The van der Waals surface area contributed by atoms with Gasteiger partial charge in [0.15, 0.2) is 11.5 Å². The number of nitrogens with zero attached hydrogens (tertiary/aromatic N) is 1. The molecule has 1 atom stereocenters. The van der Waals surface area contributed by atoms with Crippen molar-refractivity contribution in [3.8, 4) is 11.5 Å². The monoisotopic (exact) mass is 461 g/mol. The van der Waals surface area contributed by atoms with Crippen LogP contribution in [0.15, 0.2) is 71.8 Å². The van der Waals surface area contributed by atoms with Crippen LogP contribution >= 0.6 is 0 Å². The Morgan fingerprint density at radius 1 is 0.941 bits per heavy atom. The van der Waals surface area contributed by atoms with Crippen LogP contribution in [0.4, 0.5) is 0 Å². The van der Waals surface area contributed by atoms with Crippen molar-refractivity contribution in [3.63, 3.8) is 0 Å². The van der Waals surface area contributed by atoms with Gasteiger partial charge in [-0.2, -0.15) is 0 Å². The fourth-order valence-electron chi connectivity index (χ4n) is 3.71.